The molecular weight excluding hydrogens is 222 g/mol. The van der Waals surface area contributed by atoms with Crippen molar-refractivity contribution >= 4 is 5.69 Å². The SMILES string of the molecule is CCNc1ccnc(CN2CCCC(CC)C2)c1. The predicted molar refractivity (Wildman–Crippen MR) is 76.7 cm³/mol. The second-order valence-electron chi connectivity index (χ2n) is 5.22. The number of hydrogen-bond acceptors (Lipinski definition) is 3. The summed E-state index contributed by atoms with van der Waals surface area (Å²) in [5.41, 5.74) is 2.37. The zero-order valence-electron chi connectivity index (χ0n) is 11.7. The zero-order chi connectivity index (χ0) is 12.8. The number of rotatable bonds is 5. The van der Waals surface area contributed by atoms with E-state index >= 15 is 0 Å². The van der Waals surface area contributed by atoms with E-state index in [1.165, 1.54) is 43.7 Å². The molecule has 0 aromatic carbocycles. The maximum Gasteiger partial charge on any atom is 0.0564 e. The fourth-order valence-corrected chi connectivity index (χ4v) is 2.74. The van der Waals surface area contributed by atoms with Crippen molar-refractivity contribution in [3.05, 3.63) is 24.0 Å². The van der Waals surface area contributed by atoms with Gasteiger partial charge in [-0.25, -0.2) is 0 Å². The summed E-state index contributed by atoms with van der Waals surface area (Å²) >= 11 is 0. The molecule has 0 bridgehead atoms. The molecule has 3 nitrogen and oxygen atoms in total. The Morgan fingerprint density at radius 3 is 3.11 bits per heavy atom. The summed E-state index contributed by atoms with van der Waals surface area (Å²) in [5, 5.41) is 3.35. The summed E-state index contributed by atoms with van der Waals surface area (Å²) < 4.78 is 0. The van der Waals surface area contributed by atoms with Crippen LogP contribution >= 0.6 is 0 Å². The van der Waals surface area contributed by atoms with Crippen molar-refractivity contribution in [2.45, 2.75) is 39.7 Å². The first-order valence-electron chi connectivity index (χ1n) is 7.23. The summed E-state index contributed by atoms with van der Waals surface area (Å²) in [4.78, 5) is 7.04. The maximum atomic E-state index is 4.48. The molecule has 18 heavy (non-hydrogen) atoms. The summed E-state index contributed by atoms with van der Waals surface area (Å²) in [6.07, 6.45) is 5.96. The Labute approximate surface area is 111 Å². The van der Waals surface area contributed by atoms with Crippen LogP contribution in [-0.4, -0.2) is 29.5 Å². The van der Waals surface area contributed by atoms with E-state index in [0.717, 1.165) is 19.0 Å². The van der Waals surface area contributed by atoms with Crippen molar-refractivity contribution in [2.75, 3.05) is 25.0 Å². The van der Waals surface area contributed by atoms with Crippen molar-refractivity contribution in [3.63, 3.8) is 0 Å². The van der Waals surface area contributed by atoms with E-state index in [0.29, 0.717) is 0 Å². The molecule has 100 valence electrons. The number of pyridine rings is 1. The highest BCUT2D eigenvalue weighted by molar-refractivity contribution is 5.42. The molecule has 1 saturated heterocycles. The van der Waals surface area contributed by atoms with Crippen LogP contribution in [0, 0.1) is 5.92 Å². The van der Waals surface area contributed by atoms with E-state index in [9.17, 15) is 0 Å². The second kappa shape index (κ2) is 6.74. The van der Waals surface area contributed by atoms with Gasteiger partial charge < -0.3 is 5.32 Å². The van der Waals surface area contributed by atoms with Gasteiger partial charge >= 0.3 is 0 Å². The van der Waals surface area contributed by atoms with Crippen molar-refractivity contribution in [2.24, 2.45) is 5.92 Å². The molecule has 3 heteroatoms. The van der Waals surface area contributed by atoms with Crippen LogP contribution < -0.4 is 5.32 Å². The van der Waals surface area contributed by atoms with E-state index in [4.69, 9.17) is 0 Å². The molecule has 1 N–H and O–H groups in total. The minimum absolute atomic E-state index is 0.885. The van der Waals surface area contributed by atoms with E-state index in [1.807, 2.05) is 12.3 Å². The smallest absolute Gasteiger partial charge is 0.0564 e. The average Bonchev–Trinajstić information content (AvgIpc) is 2.40. The molecule has 1 aliphatic rings. The number of aromatic nitrogens is 1. The third-order valence-electron chi connectivity index (χ3n) is 3.76. The van der Waals surface area contributed by atoms with Gasteiger partial charge in [0.15, 0.2) is 0 Å². The number of nitrogens with zero attached hydrogens (tertiary/aromatic N) is 2. The number of hydrogen-bond donors (Lipinski definition) is 1. The van der Waals surface area contributed by atoms with Gasteiger partial charge in [0.1, 0.15) is 0 Å². The topological polar surface area (TPSA) is 28.2 Å². The Hall–Kier alpha value is -1.09. The summed E-state index contributed by atoms with van der Waals surface area (Å²) in [5.74, 6) is 0.885. The third kappa shape index (κ3) is 3.70. The van der Waals surface area contributed by atoms with Gasteiger partial charge in [-0.15, -0.1) is 0 Å². The lowest BCUT2D eigenvalue weighted by molar-refractivity contribution is 0.163. The fourth-order valence-electron chi connectivity index (χ4n) is 2.74. The lowest BCUT2D eigenvalue weighted by Gasteiger charge is -2.31. The minimum Gasteiger partial charge on any atom is -0.385 e. The molecule has 0 saturated carbocycles. The normalized spacial score (nSPS) is 20.9. The zero-order valence-corrected chi connectivity index (χ0v) is 11.7. The molecular formula is C15H25N3. The molecule has 1 aliphatic heterocycles. The molecule has 1 fully saturated rings. The molecule has 0 amide bonds. The highest BCUT2D eigenvalue weighted by Gasteiger charge is 2.18. The number of nitrogens with one attached hydrogen (secondary N) is 1. The van der Waals surface area contributed by atoms with Gasteiger partial charge in [0, 0.05) is 31.5 Å². The van der Waals surface area contributed by atoms with Crippen molar-refractivity contribution < 1.29 is 0 Å². The van der Waals surface area contributed by atoms with Crippen molar-refractivity contribution in [1.82, 2.24) is 9.88 Å². The van der Waals surface area contributed by atoms with Crippen LogP contribution in [0.1, 0.15) is 38.8 Å². The first-order valence-corrected chi connectivity index (χ1v) is 7.23. The van der Waals surface area contributed by atoms with Crippen LogP contribution in [-0.2, 0) is 6.54 Å². The molecule has 1 unspecified atom stereocenters. The lowest BCUT2D eigenvalue weighted by Crippen LogP contribution is -2.34. The first kappa shape index (κ1) is 13.3. The van der Waals surface area contributed by atoms with Gasteiger partial charge in [0.2, 0.25) is 0 Å². The van der Waals surface area contributed by atoms with Crippen molar-refractivity contribution in [1.29, 1.82) is 0 Å². The molecule has 1 aromatic heterocycles. The minimum atomic E-state index is 0.885. The molecule has 2 heterocycles. The molecule has 0 aliphatic carbocycles. The van der Waals surface area contributed by atoms with E-state index in [-0.39, 0.29) is 0 Å². The van der Waals surface area contributed by atoms with Gasteiger partial charge in [-0.05, 0) is 44.4 Å². The Morgan fingerprint density at radius 1 is 1.44 bits per heavy atom. The maximum absolute atomic E-state index is 4.48. The lowest BCUT2D eigenvalue weighted by atomic mass is 9.95. The monoisotopic (exact) mass is 247 g/mol. The Morgan fingerprint density at radius 2 is 2.33 bits per heavy atom. The van der Waals surface area contributed by atoms with E-state index in [1.54, 1.807) is 0 Å². The van der Waals surface area contributed by atoms with Gasteiger partial charge in [-0.1, -0.05) is 13.3 Å². The molecule has 0 radical (unpaired) electrons. The van der Waals surface area contributed by atoms with Crippen LogP contribution in [0.2, 0.25) is 0 Å². The molecule has 1 aromatic rings. The first-order chi connectivity index (χ1) is 8.81. The number of piperidine rings is 1. The van der Waals surface area contributed by atoms with Crippen molar-refractivity contribution in [3.8, 4) is 0 Å². The van der Waals surface area contributed by atoms with E-state index < -0.39 is 0 Å². The fraction of sp³-hybridized carbons (Fsp3) is 0.667. The standard InChI is InChI=1S/C15H25N3/c1-3-13-6-5-9-18(11-13)12-15-10-14(16-4-2)7-8-17-15/h7-8,10,13H,3-6,9,11-12H2,1-2H3,(H,16,17). The number of likely N-dealkylation sites (tertiary alicyclic amines) is 1. The van der Waals surface area contributed by atoms with Crippen LogP contribution in [0.25, 0.3) is 0 Å². The number of anilines is 1. The largest absolute Gasteiger partial charge is 0.385 e. The van der Waals surface area contributed by atoms with Gasteiger partial charge in [-0.3, -0.25) is 9.88 Å². The average molecular weight is 247 g/mol. The highest BCUT2D eigenvalue weighted by atomic mass is 15.1. The Kier molecular flexibility index (Phi) is 5.00. The van der Waals surface area contributed by atoms with Crippen LogP contribution in [0.4, 0.5) is 5.69 Å². The van der Waals surface area contributed by atoms with Crippen LogP contribution in [0.5, 0.6) is 0 Å². The van der Waals surface area contributed by atoms with Gasteiger partial charge in [-0.2, -0.15) is 0 Å². The quantitative estimate of drug-likeness (QED) is 0.866. The second-order valence-corrected chi connectivity index (χ2v) is 5.22. The molecule has 2 rings (SSSR count). The Balaban J connectivity index is 1.93. The van der Waals surface area contributed by atoms with Crippen LogP contribution in [0.3, 0.4) is 0 Å². The predicted octanol–water partition coefficient (Wildman–Crippen LogP) is 3.14. The summed E-state index contributed by atoms with van der Waals surface area (Å²) in [6, 6.07) is 4.22. The van der Waals surface area contributed by atoms with Crippen LogP contribution in [0.15, 0.2) is 18.3 Å². The van der Waals surface area contributed by atoms with Gasteiger partial charge in [0.05, 0.1) is 5.69 Å². The third-order valence-corrected chi connectivity index (χ3v) is 3.76. The molecule has 1 atom stereocenters. The highest BCUT2D eigenvalue weighted by Crippen LogP contribution is 2.20. The molecule has 0 spiro atoms. The van der Waals surface area contributed by atoms with E-state index in [2.05, 4.69) is 35.1 Å². The summed E-state index contributed by atoms with van der Waals surface area (Å²) in [7, 11) is 0. The van der Waals surface area contributed by atoms with Gasteiger partial charge in [0.25, 0.3) is 0 Å². The Bertz CT molecular complexity index is 365. The summed E-state index contributed by atoms with van der Waals surface area (Å²) in [6.45, 7) is 8.85.